The van der Waals surface area contributed by atoms with Crippen molar-refractivity contribution in [3.8, 4) is 0 Å². The van der Waals surface area contributed by atoms with Gasteiger partial charge in [0, 0.05) is 0 Å². The maximum atomic E-state index is 11.8. The van der Waals surface area contributed by atoms with Crippen LogP contribution in [0.4, 0.5) is 0 Å². The predicted molar refractivity (Wildman–Crippen MR) is 77.7 cm³/mol. The third-order valence-corrected chi connectivity index (χ3v) is 5.99. The summed E-state index contributed by atoms with van der Waals surface area (Å²) < 4.78 is 6.40. The number of carboxylic acids is 1. The van der Waals surface area contributed by atoms with Gasteiger partial charge in [0.05, 0.1) is 17.1 Å². The molecule has 20 heavy (non-hydrogen) atoms. The Labute approximate surface area is 122 Å². The highest BCUT2D eigenvalue weighted by atomic mass is 16.5. The molecule has 1 N–H and O–H groups in total. The van der Waals surface area contributed by atoms with E-state index in [0.717, 1.165) is 44.9 Å². The lowest BCUT2D eigenvalue weighted by Crippen LogP contribution is -2.38. The zero-order chi connectivity index (χ0) is 14.1. The lowest BCUT2D eigenvalue weighted by molar-refractivity contribution is -0.156. The van der Waals surface area contributed by atoms with Crippen LogP contribution in [0.5, 0.6) is 0 Å². The number of carboxylic acid groups (broad SMARTS) is 1. The van der Waals surface area contributed by atoms with E-state index in [1.165, 1.54) is 38.5 Å². The minimum atomic E-state index is -0.578. The maximum Gasteiger partial charge on any atom is 0.309 e. The third-order valence-electron chi connectivity index (χ3n) is 5.99. The molecule has 3 heteroatoms. The Morgan fingerprint density at radius 1 is 0.950 bits per heavy atom. The van der Waals surface area contributed by atoms with Crippen LogP contribution in [-0.4, -0.2) is 22.8 Å². The molecule has 114 valence electrons. The van der Waals surface area contributed by atoms with Gasteiger partial charge in [0.15, 0.2) is 0 Å². The Morgan fingerprint density at radius 2 is 1.55 bits per heavy atom. The van der Waals surface area contributed by atoms with Gasteiger partial charge in [-0.1, -0.05) is 38.5 Å². The molecule has 0 aromatic heterocycles. The molecule has 1 aliphatic heterocycles. The number of rotatable bonds is 3. The first kappa shape index (κ1) is 14.4. The summed E-state index contributed by atoms with van der Waals surface area (Å²) in [5, 5.41) is 9.70. The second-order valence-corrected chi connectivity index (χ2v) is 7.37. The highest BCUT2D eigenvalue weighted by Gasteiger charge is 2.47. The molecular weight excluding hydrogens is 252 g/mol. The third kappa shape index (κ3) is 2.74. The van der Waals surface area contributed by atoms with Crippen molar-refractivity contribution in [3.05, 3.63) is 0 Å². The molecule has 1 spiro atoms. The lowest BCUT2D eigenvalue weighted by Gasteiger charge is -2.37. The van der Waals surface area contributed by atoms with E-state index >= 15 is 0 Å². The molecular formula is C17H28O3. The molecule has 1 unspecified atom stereocenters. The molecule has 0 aromatic carbocycles. The SMILES string of the molecule is O=C(O)C1(CC2CCC3(CCCCC3)O2)CCCCC1. The van der Waals surface area contributed by atoms with E-state index < -0.39 is 11.4 Å². The highest BCUT2D eigenvalue weighted by Crippen LogP contribution is 2.47. The van der Waals surface area contributed by atoms with Crippen molar-refractivity contribution < 1.29 is 14.6 Å². The van der Waals surface area contributed by atoms with Crippen molar-refractivity contribution in [2.75, 3.05) is 0 Å². The zero-order valence-corrected chi connectivity index (χ0v) is 12.5. The molecule has 1 atom stereocenters. The molecule has 0 aromatic rings. The summed E-state index contributed by atoms with van der Waals surface area (Å²) in [6.07, 6.45) is 14.6. The average Bonchev–Trinajstić information content (AvgIpc) is 2.83. The molecule has 3 fully saturated rings. The summed E-state index contributed by atoms with van der Waals surface area (Å²) in [5.74, 6) is -0.578. The zero-order valence-electron chi connectivity index (χ0n) is 12.5. The molecule has 2 saturated carbocycles. The van der Waals surface area contributed by atoms with Gasteiger partial charge in [-0.15, -0.1) is 0 Å². The summed E-state index contributed by atoms with van der Waals surface area (Å²) >= 11 is 0. The van der Waals surface area contributed by atoms with Crippen LogP contribution < -0.4 is 0 Å². The van der Waals surface area contributed by atoms with E-state index in [1.807, 2.05) is 0 Å². The first-order valence-corrected chi connectivity index (χ1v) is 8.56. The fourth-order valence-corrected chi connectivity index (χ4v) is 4.77. The lowest BCUT2D eigenvalue weighted by atomic mass is 9.70. The number of aliphatic carboxylic acids is 1. The molecule has 1 saturated heterocycles. The Morgan fingerprint density at radius 3 is 2.15 bits per heavy atom. The molecule has 3 nitrogen and oxygen atoms in total. The number of ether oxygens (including phenoxy) is 1. The van der Waals surface area contributed by atoms with Crippen molar-refractivity contribution in [3.63, 3.8) is 0 Å². The molecule has 3 aliphatic rings. The van der Waals surface area contributed by atoms with Gasteiger partial charge in [-0.05, 0) is 44.9 Å². The van der Waals surface area contributed by atoms with Crippen LogP contribution in [-0.2, 0) is 9.53 Å². The standard InChI is InChI=1S/C17H28O3/c18-15(19)16(8-3-1-4-9-16)13-14-7-12-17(20-14)10-5-2-6-11-17/h14H,1-13H2,(H,18,19). The van der Waals surface area contributed by atoms with Gasteiger partial charge >= 0.3 is 5.97 Å². The van der Waals surface area contributed by atoms with Gasteiger partial charge in [0.1, 0.15) is 0 Å². The van der Waals surface area contributed by atoms with Crippen LogP contribution in [0.3, 0.4) is 0 Å². The van der Waals surface area contributed by atoms with Crippen molar-refractivity contribution in [1.29, 1.82) is 0 Å². The van der Waals surface area contributed by atoms with Crippen molar-refractivity contribution in [2.45, 2.75) is 95.2 Å². The summed E-state index contributed by atoms with van der Waals surface area (Å²) in [7, 11) is 0. The van der Waals surface area contributed by atoms with Crippen molar-refractivity contribution in [1.82, 2.24) is 0 Å². The number of hydrogen-bond acceptors (Lipinski definition) is 2. The molecule has 3 rings (SSSR count). The highest BCUT2D eigenvalue weighted by molar-refractivity contribution is 5.74. The normalized spacial score (nSPS) is 32.3. The fourth-order valence-electron chi connectivity index (χ4n) is 4.77. The monoisotopic (exact) mass is 280 g/mol. The molecule has 0 amide bonds. The van der Waals surface area contributed by atoms with Crippen LogP contribution in [0.2, 0.25) is 0 Å². The Hall–Kier alpha value is -0.570. The predicted octanol–water partition coefficient (Wildman–Crippen LogP) is 4.29. The first-order chi connectivity index (χ1) is 9.64. The smallest absolute Gasteiger partial charge is 0.309 e. The number of hydrogen-bond donors (Lipinski definition) is 1. The van der Waals surface area contributed by atoms with Crippen LogP contribution in [0, 0.1) is 5.41 Å². The van der Waals surface area contributed by atoms with Crippen molar-refractivity contribution in [2.24, 2.45) is 5.41 Å². The fraction of sp³-hybridized carbons (Fsp3) is 0.941. The Balaban J connectivity index is 1.63. The van der Waals surface area contributed by atoms with Gasteiger partial charge in [0.25, 0.3) is 0 Å². The molecule has 0 bridgehead atoms. The molecule has 0 radical (unpaired) electrons. The first-order valence-electron chi connectivity index (χ1n) is 8.56. The van der Waals surface area contributed by atoms with Gasteiger partial charge in [0.2, 0.25) is 0 Å². The topological polar surface area (TPSA) is 46.5 Å². The van der Waals surface area contributed by atoms with Crippen LogP contribution in [0.25, 0.3) is 0 Å². The van der Waals surface area contributed by atoms with Gasteiger partial charge < -0.3 is 9.84 Å². The quantitative estimate of drug-likeness (QED) is 0.838. The minimum Gasteiger partial charge on any atom is -0.481 e. The number of carbonyl (C=O) groups is 1. The van der Waals surface area contributed by atoms with Gasteiger partial charge in [-0.2, -0.15) is 0 Å². The summed E-state index contributed by atoms with van der Waals surface area (Å²) in [5.41, 5.74) is -0.361. The minimum absolute atomic E-state index is 0.122. The summed E-state index contributed by atoms with van der Waals surface area (Å²) in [4.78, 5) is 11.8. The van der Waals surface area contributed by atoms with E-state index in [1.54, 1.807) is 0 Å². The second kappa shape index (κ2) is 5.67. The van der Waals surface area contributed by atoms with E-state index in [2.05, 4.69) is 0 Å². The van der Waals surface area contributed by atoms with E-state index in [-0.39, 0.29) is 11.7 Å². The van der Waals surface area contributed by atoms with Gasteiger partial charge in [-0.3, -0.25) is 4.79 Å². The average molecular weight is 280 g/mol. The van der Waals surface area contributed by atoms with Gasteiger partial charge in [-0.25, -0.2) is 0 Å². The Bertz CT molecular complexity index is 351. The van der Waals surface area contributed by atoms with Crippen molar-refractivity contribution >= 4 is 5.97 Å². The van der Waals surface area contributed by atoms with Crippen LogP contribution in [0.1, 0.15) is 83.5 Å². The van der Waals surface area contributed by atoms with Crippen LogP contribution in [0.15, 0.2) is 0 Å². The second-order valence-electron chi connectivity index (χ2n) is 7.37. The largest absolute Gasteiger partial charge is 0.481 e. The van der Waals surface area contributed by atoms with E-state index in [0.29, 0.717) is 0 Å². The summed E-state index contributed by atoms with van der Waals surface area (Å²) in [6, 6.07) is 0. The van der Waals surface area contributed by atoms with E-state index in [4.69, 9.17) is 4.74 Å². The van der Waals surface area contributed by atoms with Crippen LogP contribution >= 0.6 is 0 Å². The molecule has 2 aliphatic carbocycles. The van der Waals surface area contributed by atoms with E-state index in [9.17, 15) is 9.90 Å². The Kier molecular flexibility index (Phi) is 4.07. The molecule has 1 heterocycles. The maximum absolute atomic E-state index is 11.8. The summed E-state index contributed by atoms with van der Waals surface area (Å²) in [6.45, 7) is 0.